The lowest BCUT2D eigenvalue weighted by Gasteiger charge is -2.27. The Morgan fingerprint density at radius 2 is 2.17 bits per heavy atom. The third kappa shape index (κ3) is 5.44. The molecule has 0 aromatic carbocycles. The summed E-state index contributed by atoms with van der Waals surface area (Å²) in [6.45, 7) is 5.05. The zero-order chi connectivity index (χ0) is 15.2. The number of nitrogens with zero attached hydrogens (tertiary/aromatic N) is 2. The monoisotopic (exact) mass is 462 g/mol. The van der Waals surface area contributed by atoms with Gasteiger partial charge in [-0.1, -0.05) is 6.07 Å². The second-order valence-corrected chi connectivity index (χ2v) is 7.36. The minimum Gasteiger partial charge on any atom is -0.355 e. The molecule has 1 aliphatic heterocycles. The summed E-state index contributed by atoms with van der Waals surface area (Å²) in [6.07, 6.45) is 1.19. The highest BCUT2D eigenvalue weighted by atomic mass is 127. The molecule has 0 atom stereocenters. The quantitative estimate of drug-likeness (QED) is 0.408. The number of hydrogen-bond donors (Lipinski definition) is 2. The summed E-state index contributed by atoms with van der Waals surface area (Å²) in [5, 5.41) is 11.1. The van der Waals surface area contributed by atoms with Gasteiger partial charge in [0.15, 0.2) is 5.96 Å². The summed E-state index contributed by atoms with van der Waals surface area (Å²) in [7, 11) is 1.82. The molecule has 4 nitrogen and oxygen atoms in total. The molecule has 1 aliphatic rings. The fraction of sp³-hybridized carbons (Fsp3) is 0.438. The molecule has 7 heteroatoms. The first kappa shape index (κ1) is 18.7. The number of fused-ring (bicyclic) bond motifs is 1. The Morgan fingerprint density at radius 3 is 2.96 bits per heavy atom. The summed E-state index contributed by atoms with van der Waals surface area (Å²) in [5.41, 5.74) is 1.51. The first-order valence-electron chi connectivity index (χ1n) is 7.59. The Balaban J connectivity index is 0.00000192. The lowest BCUT2D eigenvalue weighted by molar-refractivity contribution is 0.260. The first-order valence-corrected chi connectivity index (χ1v) is 9.35. The van der Waals surface area contributed by atoms with Crippen LogP contribution in [0.5, 0.6) is 0 Å². The van der Waals surface area contributed by atoms with Gasteiger partial charge in [-0.15, -0.1) is 46.7 Å². The molecular formula is C16H23IN4S2. The Morgan fingerprint density at radius 1 is 1.26 bits per heavy atom. The van der Waals surface area contributed by atoms with Gasteiger partial charge in [0.2, 0.25) is 0 Å². The number of thiophene rings is 2. The highest BCUT2D eigenvalue weighted by molar-refractivity contribution is 14.0. The fourth-order valence-electron chi connectivity index (χ4n) is 2.63. The summed E-state index contributed by atoms with van der Waals surface area (Å²) in [4.78, 5) is 9.68. The number of guanidine groups is 1. The summed E-state index contributed by atoms with van der Waals surface area (Å²) in [6, 6.07) is 6.48. The van der Waals surface area contributed by atoms with Crippen molar-refractivity contribution in [3.8, 4) is 0 Å². The van der Waals surface area contributed by atoms with Gasteiger partial charge in [0, 0.05) is 43.0 Å². The normalized spacial score (nSPS) is 14.9. The second-order valence-electron chi connectivity index (χ2n) is 5.33. The molecule has 2 aromatic rings. The van der Waals surface area contributed by atoms with Gasteiger partial charge in [-0.3, -0.25) is 9.89 Å². The van der Waals surface area contributed by atoms with Crippen LogP contribution in [0.25, 0.3) is 0 Å². The van der Waals surface area contributed by atoms with E-state index in [4.69, 9.17) is 0 Å². The van der Waals surface area contributed by atoms with Crippen molar-refractivity contribution < 1.29 is 0 Å². The topological polar surface area (TPSA) is 39.7 Å². The fourth-order valence-corrected chi connectivity index (χ4v) is 4.17. The largest absolute Gasteiger partial charge is 0.355 e. The van der Waals surface area contributed by atoms with Crippen molar-refractivity contribution in [3.05, 3.63) is 44.3 Å². The highest BCUT2D eigenvalue weighted by Gasteiger charge is 2.16. The highest BCUT2D eigenvalue weighted by Crippen LogP contribution is 2.23. The maximum atomic E-state index is 4.28. The van der Waals surface area contributed by atoms with E-state index >= 15 is 0 Å². The maximum Gasteiger partial charge on any atom is 0.191 e. The van der Waals surface area contributed by atoms with Crippen molar-refractivity contribution in [2.75, 3.05) is 26.7 Å². The molecule has 0 saturated carbocycles. The molecule has 2 aromatic heterocycles. The Hall–Kier alpha value is -0.640. The molecule has 0 fully saturated rings. The lowest BCUT2D eigenvalue weighted by Crippen LogP contribution is -2.42. The average Bonchev–Trinajstić information content (AvgIpc) is 3.21. The van der Waals surface area contributed by atoms with Gasteiger partial charge in [-0.05, 0) is 34.9 Å². The SMILES string of the molecule is CN=C(NCCN1CCc2sccc2C1)NCc1cccs1.I. The maximum absolute atomic E-state index is 4.28. The number of aliphatic imine (C=N–C) groups is 1. The van der Waals surface area contributed by atoms with Crippen molar-refractivity contribution in [3.63, 3.8) is 0 Å². The van der Waals surface area contributed by atoms with Gasteiger partial charge in [0.25, 0.3) is 0 Å². The van der Waals surface area contributed by atoms with Gasteiger partial charge in [0.05, 0.1) is 6.54 Å². The third-order valence-electron chi connectivity index (χ3n) is 3.84. The minimum atomic E-state index is 0. The van der Waals surface area contributed by atoms with Crippen LogP contribution in [0.3, 0.4) is 0 Å². The third-order valence-corrected chi connectivity index (χ3v) is 5.74. The lowest BCUT2D eigenvalue weighted by atomic mass is 10.1. The Bertz CT molecular complexity index is 609. The van der Waals surface area contributed by atoms with Crippen LogP contribution in [0.15, 0.2) is 34.0 Å². The van der Waals surface area contributed by atoms with Gasteiger partial charge in [-0.2, -0.15) is 0 Å². The molecule has 0 radical (unpaired) electrons. The predicted octanol–water partition coefficient (Wildman–Crippen LogP) is 3.15. The van der Waals surface area contributed by atoms with Crippen LogP contribution in [-0.2, 0) is 19.5 Å². The van der Waals surface area contributed by atoms with Gasteiger partial charge >= 0.3 is 0 Å². The summed E-state index contributed by atoms with van der Waals surface area (Å²) >= 11 is 3.66. The molecule has 0 saturated heterocycles. The van der Waals surface area contributed by atoms with Crippen LogP contribution in [0, 0.1) is 0 Å². The van der Waals surface area contributed by atoms with Gasteiger partial charge in [-0.25, -0.2) is 0 Å². The molecule has 3 heterocycles. The Kier molecular flexibility index (Phi) is 7.81. The van der Waals surface area contributed by atoms with E-state index in [1.54, 1.807) is 16.2 Å². The number of rotatable bonds is 5. The standard InChI is InChI=1S/C16H22N4S2.HI/c1-17-16(19-11-14-3-2-9-21-14)18-6-8-20-7-4-15-13(12-20)5-10-22-15;/h2-3,5,9-10H,4,6-8,11-12H2,1H3,(H2,17,18,19);1H. The zero-order valence-electron chi connectivity index (χ0n) is 13.2. The molecular weight excluding hydrogens is 439 g/mol. The molecule has 126 valence electrons. The average molecular weight is 462 g/mol. The van der Waals surface area contributed by atoms with Crippen LogP contribution in [-0.4, -0.2) is 37.5 Å². The molecule has 0 amide bonds. The molecule has 3 rings (SSSR count). The van der Waals surface area contributed by atoms with Crippen LogP contribution in [0.2, 0.25) is 0 Å². The van der Waals surface area contributed by atoms with Crippen molar-refractivity contribution in [1.82, 2.24) is 15.5 Å². The van der Waals surface area contributed by atoms with Gasteiger partial charge < -0.3 is 10.6 Å². The van der Waals surface area contributed by atoms with E-state index in [1.807, 2.05) is 18.4 Å². The molecule has 0 spiro atoms. The summed E-state index contributed by atoms with van der Waals surface area (Å²) in [5.74, 6) is 0.877. The van der Waals surface area contributed by atoms with Crippen molar-refractivity contribution >= 4 is 52.6 Å². The number of halogens is 1. The van der Waals surface area contributed by atoms with Crippen LogP contribution in [0.4, 0.5) is 0 Å². The molecule has 23 heavy (non-hydrogen) atoms. The van der Waals surface area contributed by atoms with Crippen LogP contribution >= 0.6 is 46.7 Å². The molecule has 0 unspecified atom stereocenters. The number of nitrogens with one attached hydrogen (secondary N) is 2. The van der Waals surface area contributed by atoms with E-state index < -0.39 is 0 Å². The van der Waals surface area contributed by atoms with E-state index in [-0.39, 0.29) is 24.0 Å². The molecule has 2 N–H and O–H groups in total. The van der Waals surface area contributed by atoms with Gasteiger partial charge in [0.1, 0.15) is 0 Å². The second kappa shape index (κ2) is 9.61. The first-order chi connectivity index (χ1) is 10.8. The van der Waals surface area contributed by atoms with E-state index in [0.717, 1.165) is 38.7 Å². The van der Waals surface area contributed by atoms with E-state index in [0.29, 0.717) is 0 Å². The van der Waals surface area contributed by atoms with E-state index in [1.165, 1.54) is 16.9 Å². The summed E-state index contributed by atoms with van der Waals surface area (Å²) < 4.78 is 0. The van der Waals surface area contributed by atoms with Crippen molar-refractivity contribution in [2.45, 2.75) is 19.5 Å². The van der Waals surface area contributed by atoms with Crippen LogP contribution < -0.4 is 10.6 Å². The molecule has 0 aliphatic carbocycles. The Labute approximate surface area is 163 Å². The van der Waals surface area contributed by atoms with Crippen LogP contribution in [0.1, 0.15) is 15.3 Å². The van der Waals surface area contributed by atoms with E-state index in [9.17, 15) is 0 Å². The van der Waals surface area contributed by atoms with E-state index in [2.05, 4.69) is 49.5 Å². The molecule has 0 bridgehead atoms. The van der Waals surface area contributed by atoms with Crippen molar-refractivity contribution in [1.29, 1.82) is 0 Å². The smallest absolute Gasteiger partial charge is 0.191 e. The zero-order valence-corrected chi connectivity index (χ0v) is 17.2. The minimum absolute atomic E-state index is 0. The number of hydrogen-bond acceptors (Lipinski definition) is 4. The predicted molar refractivity (Wildman–Crippen MR) is 111 cm³/mol. The van der Waals surface area contributed by atoms with Crippen molar-refractivity contribution in [2.24, 2.45) is 4.99 Å².